The second-order valence-corrected chi connectivity index (χ2v) is 5.75. The van der Waals surface area contributed by atoms with Crippen molar-refractivity contribution in [2.24, 2.45) is 5.10 Å². The lowest BCUT2D eigenvalue weighted by Gasteiger charge is -2.11. The quantitative estimate of drug-likeness (QED) is 0.523. The maximum atomic E-state index is 12.1. The third-order valence-electron chi connectivity index (χ3n) is 3.89. The Hall–Kier alpha value is -3.06. The lowest BCUT2D eigenvalue weighted by atomic mass is 10.1. The number of hydrazone groups is 1. The average molecular weight is 371 g/mol. The summed E-state index contributed by atoms with van der Waals surface area (Å²) in [6.07, 6.45) is 0. The summed E-state index contributed by atoms with van der Waals surface area (Å²) in [7, 11) is 4.83. The van der Waals surface area contributed by atoms with Crippen LogP contribution in [0.4, 0.5) is 5.69 Å². The SMILES string of the molecule is COCc1cc(/C(C)=N\NC(=O)CNc2ccccc2OC)ccc1OC. The van der Waals surface area contributed by atoms with Gasteiger partial charge in [-0.2, -0.15) is 5.10 Å². The molecule has 0 atom stereocenters. The second kappa shape index (κ2) is 10.2. The average Bonchev–Trinajstić information content (AvgIpc) is 2.70. The highest BCUT2D eigenvalue weighted by Gasteiger charge is 2.08. The topological polar surface area (TPSA) is 81.2 Å². The monoisotopic (exact) mass is 371 g/mol. The molecule has 0 spiro atoms. The number of hydrogen-bond acceptors (Lipinski definition) is 6. The third kappa shape index (κ3) is 5.72. The Labute approximate surface area is 159 Å². The van der Waals surface area contributed by atoms with Crippen LogP contribution in [0.1, 0.15) is 18.1 Å². The van der Waals surface area contributed by atoms with Crippen LogP contribution in [0, 0.1) is 0 Å². The number of nitrogens with zero attached hydrogens (tertiary/aromatic N) is 1. The number of hydrogen-bond donors (Lipinski definition) is 2. The lowest BCUT2D eigenvalue weighted by Crippen LogP contribution is -2.26. The van der Waals surface area contributed by atoms with E-state index in [0.717, 1.165) is 22.6 Å². The number of para-hydroxylation sites is 2. The molecule has 2 aromatic rings. The van der Waals surface area contributed by atoms with E-state index in [1.807, 2.05) is 49.4 Å². The molecule has 27 heavy (non-hydrogen) atoms. The normalized spacial score (nSPS) is 11.0. The highest BCUT2D eigenvalue weighted by molar-refractivity contribution is 5.99. The predicted molar refractivity (Wildman–Crippen MR) is 106 cm³/mol. The number of anilines is 1. The minimum atomic E-state index is -0.258. The minimum absolute atomic E-state index is 0.0781. The molecular formula is C20H25N3O4. The van der Waals surface area contributed by atoms with E-state index in [2.05, 4.69) is 15.8 Å². The van der Waals surface area contributed by atoms with Crippen molar-refractivity contribution in [2.45, 2.75) is 13.5 Å². The molecule has 7 heteroatoms. The van der Waals surface area contributed by atoms with Crippen molar-refractivity contribution in [3.8, 4) is 11.5 Å². The Bertz CT molecular complexity index is 806. The zero-order valence-electron chi connectivity index (χ0n) is 16.0. The predicted octanol–water partition coefficient (Wildman–Crippen LogP) is 2.80. The maximum Gasteiger partial charge on any atom is 0.259 e. The van der Waals surface area contributed by atoms with E-state index in [0.29, 0.717) is 18.1 Å². The molecular weight excluding hydrogens is 346 g/mol. The van der Waals surface area contributed by atoms with Gasteiger partial charge in [0, 0.05) is 12.7 Å². The molecule has 0 unspecified atom stereocenters. The summed E-state index contributed by atoms with van der Waals surface area (Å²) in [4.78, 5) is 12.1. The summed E-state index contributed by atoms with van der Waals surface area (Å²) < 4.78 is 15.7. The summed E-state index contributed by atoms with van der Waals surface area (Å²) in [6, 6.07) is 13.1. The van der Waals surface area contributed by atoms with Crippen molar-refractivity contribution in [1.82, 2.24) is 5.43 Å². The van der Waals surface area contributed by atoms with Crippen LogP contribution < -0.4 is 20.2 Å². The molecule has 0 aliphatic rings. The van der Waals surface area contributed by atoms with Crippen molar-refractivity contribution in [2.75, 3.05) is 33.2 Å². The van der Waals surface area contributed by atoms with E-state index in [4.69, 9.17) is 14.2 Å². The Morgan fingerprint density at radius 2 is 1.78 bits per heavy atom. The fraction of sp³-hybridized carbons (Fsp3) is 0.300. The highest BCUT2D eigenvalue weighted by atomic mass is 16.5. The highest BCUT2D eigenvalue weighted by Crippen LogP contribution is 2.22. The maximum absolute atomic E-state index is 12.1. The molecule has 0 radical (unpaired) electrons. The molecule has 0 bridgehead atoms. The number of carbonyl (C=O) groups excluding carboxylic acids is 1. The molecule has 0 aromatic heterocycles. The van der Waals surface area contributed by atoms with Crippen LogP contribution in [0.5, 0.6) is 11.5 Å². The Balaban J connectivity index is 1.98. The molecule has 144 valence electrons. The van der Waals surface area contributed by atoms with Crippen molar-refractivity contribution < 1.29 is 19.0 Å². The summed E-state index contributed by atoms with van der Waals surface area (Å²) in [5.74, 6) is 1.17. The number of amides is 1. The smallest absolute Gasteiger partial charge is 0.259 e. The van der Waals surface area contributed by atoms with Gasteiger partial charge in [0.2, 0.25) is 0 Å². The van der Waals surface area contributed by atoms with E-state index in [9.17, 15) is 4.79 Å². The summed E-state index contributed by atoms with van der Waals surface area (Å²) in [6.45, 7) is 2.33. The zero-order chi connectivity index (χ0) is 19.6. The van der Waals surface area contributed by atoms with Gasteiger partial charge in [-0.15, -0.1) is 0 Å². The van der Waals surface area contributed by atoms with Gasteiger partial charge in [0.15, 0.2) is 0 Å². The molecule has 2 aromatic carbocycles. The molecule has 0 saturated carbocycles. The molecule has 1 amide bonds. The number of ether oxygens (including phenoxy) is 3. The van der Waals surface area contributed by atoms with Crippen molar-refractivity contribution in [3.63, 3.8) is 0 Å². The number of methoxy groups -OCH3 is 3. The first kappa shape index (κ1) is 20.3. The molecule has 0 aliphatic carbocycles. The van der Waals surface area contributed by atoms with Gasteiger partial charge in [0.1, 0.15) is 11.5 Å². The molecule has 0 fully saturated rings. The van der Waals surface area contributed by atoms with Crippen LogP contribution in [0.15, 0.2) is 47.6 Å². The first-order valence-corrected chi connectivity index (χ1v) is 8.45. The van der Waals surface area contributed by atoms with Gasteiger partial charge in [-0.25, -0.2) is 5.43 Å². The van der Waals surface area contributed by atoms with Crippen LogP contribution >= 0.6 is 0 Å². The van der Waals surface area contributed by atoms with Crippen molar-refractivity contribution in [3.05, 3.63) is 53.6 Å². The Morgan fingerprint density at radius 1 is 1.04 bits per heavy atom. The van der Waals surface area contributed by atoms with E-state index in [1.54, 1.807) is 21.3 Å². The molecule has 0 saturated heterocycles. The zero-order valence-corrected chi connectivity index (χ0v) is 16.0. The first-order valence-electron chi connectivity index (χ1n) is 8.45. The summed E-state index contributed by atoms with van der Waals surface area (Å²) in [5, 5.41) is 7.20. The fourth-order valence-corrected chi connectivity index (χ4v) is 2.49. The molecule has 7 nitrogen and oxygen atoms in total. The van der Waals surface area contributed by atoms with E-state index in [1.165, 1.54) is 0 Å². The van der Waals surface area contributed by atoms with Gasteiger partial charge in [-0.05, 0) is 42.8 Å². The number of nitrogens with one attached hydrogen (secondary N) is 2. The number of rotatable bonds is 9. The van der Waals surface area contributed by atoms with Gasteiger partial charge in [0.05, 0.1) is 38.8 Å². The van der Waals surface area contributed by atoms with Crippen LogP contribution in [-0.4, -0.2) is 39.5 Å². The van der Waals surface area contributed by atoms with E-state index in [-0.39, 0.29) is 12.5 Å². The largest absolute Gasteiger partial charge is 0.496 e. The van der Waals surface area contributed by atoms with Gasteiger partial charge in [-0.3, -0.25) is 4.79 Å². The van der Waals surface area contributed by atoms with Crippen LogP contribution in [0.2, 0.25) is 0 Å². The standard InChI is InChI=1S/C20H25N3O4/c1-14(15-9-10-18(26-3)16(11-15)13-25-2)22-23-20(24)12-21-17-7-5-6-8-19(17)27-4/h5-11,21H,12-13H2,1-4H3,(H,23,24)/b22-14-. The minimum Gasteiger partial charge on any atom is -0.496 e. The molecule has 0 heterocycles. The summed E-state index contributed by atoms with van der Waals surface area (Å²) in [5.41, 5.74) is 5.77. The van der Waals surface area contributed by atoms with Gasteiger partial charge < -0.3 is 19.5 Å². The Kier molecular flexibility index (Phi) is 7.63. The van der Waals surface area contributed by atoms with Crippen molar-refractivity contribution >= 4 is 17.3 Å². The number of benzene rings is 2. The number of carbonyl (C=O) groups is 1. The van der Waals surface area contributed by atoms with Gasteiger partial charge in [-0.1, -0.05) is 12.1 Å². The van der Waals surface area contributed by atoms with Crippen LogP contribution in [0.25, 0.3) is 0 Å². The first-order chi connectivity index (χ1) is 13.1. The van der Waals surface area contributed by atoms with Crippen LogP contribution in [-0.2, 0) is 16.1 Å². The van der Waals surface area contributed by atoms with Crippen LogP contribution in [0.3, 0.4) is 0 Å². The molecule has 0 aliphatic heterocycles. The fourth-order valence-electron chi connectivity index (χ4n) is 2.49. The summed E-state index contributed by atoms with van der Waals surface area (Å²) >= 11 is 0. The van der Waals surface area contributed by atoms with Crippen molar-refractivity contribution in [1.29, 1.82) is 0 Å². The van der Waals surface area contributed by atoms with Gasteiger partial charge >= 0.3 is 0 Å². The third-order valence-corrected chi connectivity index (χ3v) is 3.89. The van der Waals surface area contributed by atoms with Gasteiger partial charge in [0.25, 0.3) is 5.91 Å². The van der Waals surface area contributed by atoms with E-state index >= 15 is 0 Å². The van der Waals surface area contributed by atoms with E-state index < -0.39 is 0 Å². The molecule has 2 N–H and O–H groups in total. The molecule has 2 rings (SSSR count). The Morgan fingerprint density at radius 3 is 2.48 bits per heavy atom. The second-order valence-electron chi connectivity index (χ2n) is 5.75. The lowest BCUT2D eigenvalue weighted by molar-refractivity contribution is -0.119.